The fourth-order valence-corrected chi connectivity index (χ4v) is 3.31. The summed E-state index contributed by atoms with van der Waals surface area (Å²) in [5.41, 5.74) is 3.63. The lowest BCUT2D eigenvalue weighted by molar-refractivity contribution is -0.138. The van der Waals surface area contributed by atoms with Gasteiger partial charge in [-0.2, -0.15) is 26.3 Å². The van der Waals surface area contributed by atoms with Crippen molar-refractivity contribution >= 4 is 17.7 Å². The SMILES string of the molecule is NC(=O)/C(=C/n1nc(-c2ccc(C(F)(F)F)cc2)nc1-c1ccc(C(F)(F)F)cc1)c1cncc(F)c1. The predicted octanol–water partition coefficient (Wildman–Crippen LogP) is 5.67. The van der Waals surface area contributed by atoms with Crippen molar-refractivity contribution in [3.8, 4) is 22.8 Å². The molecule has 0 spiro atoms. The number of halogens is 7. The molecule has 1 amide bonds. The number of alkyl halides is 6. The Kier molecular flexibility index (Phi) is 6.55. The van der Waals surface area contributed by atoms with Gasteiger partial charge in [0, 0.05) is 29.1 Å². The third-order valence-electron chi connectivity index (χ3n) is 5.10. The van der Waals surface area contributed by atoms with Crippen molar-refractivity contribution in [3.63, 3.8) is 0 Å². The zero-order chi connectivity index (χ0) is 27.0. The fourth-order valence-electron chi connectivity index (χ4n) is 3.31. The van der Waals surface area contributed by atoms with Gasteiger partial charge in [-0.05, 0) is 30.3 Å². The molecule has 13 heteroatoms. The number of rotatable bonds is 5. The average Bonchev–Trinajstić information content (AvgIpc) is 3.25. The van der Waals surface area contributed by atoms with Gasteiger partial charge in [0.1, 0.15) is 5.82 Å². The van der Waals surface area contributed by atoms with Gasteiger partial charge in [0.25, 0.3) is 5.91 Å². The Morgan fingerprint density at radius 2 is 1.38 bits per heavy atom. The van der Waals surface area contributed by atoms with E-state index in [1.165, 1.54) is 0 Å². The van der Waals surface area contributed by atoms with Crippen LogP contribution in [0.15, 0.2) is 67.0 Å². The summed E-state index contributed by atoms with van der Waals surface area (Å²) in [6.07, 6.45) is -6.04. The minimum absolute atomic E-state index is 0.0163. The molecule has 0 fully saturated rings. The Bertz CT molecular complexity index is 1470. The minimum atomic E-state index is -4.60. The number of nitrogens with zero attached hydrogens (tertiary/aromatic N) is 4. The smallest absolute Gasteiger partial charge is 0.366 e. The number of hydrogen-bond donors (Lipinski definition) is 1. The molecule has 0 unspecified atom stereocenters. The van der Waals surface area contributed by atoms with Gasteiger partial charge in [-0.25, -0.2) is 14.1 Å². The molecular weight excluding hydrogens is 507 g/mol. The number of carbonyl (C=O) groups is 1. The molecule has 2 N–H and O–H groups in total. The van der Waals surface area contributed by atoms with E-state index in [4.69, 9.17) is 5.73 Å². The molecule has 4 aromatic rings. The standard InChI is InChI=1S/C24H14F7N5O/c25-18-9-15(10-33-11-18)19(20(32)37)12-36-22(14-3-7-17(8-4-14)24(29,30)31)34-21(35-36)13-1-5-16(6-2-13)23(26,27)28/h1-12H,(H2,32,37)/b19-12+. The molecule has 2 aromatic carbocycles. The van der Waals surface area contributed by atoms with E-state index in [-0.39, 0.29) is 33.9 Å². The summed E-state index contributed by atoms with van der Waals surface area (Å²) in [5, 5.41) is 4.19. The number of primary amides is 1. The van der Waals surface area contributed by atoms with Gasteiger partial charge in [0.05, 0.1) is 22.9 Å². The van der Waals surface area contributed by atoms with Crippen molar-refractivity contribution in [2.75, 3.05) is 0 Å². The van der Waals surface area contributed by atoms with Crippen molar-refractivity contribution in [1.82, 2.24) is 19.7 Å². The first-order chi connectivity index (χ1) is 17.3. The van der Waals surface area contributed by atoms with Gasteiger partial charge in [0.2, 0.25) is 0 Å². The summed E-state index contributed by atoms with van der Waals surface area (Å²) in [6, 6.07) is 8.69. The summed E-state index contributed by atoms with van der Waals surface area (Å²) in [4.78, 5) is 20.1. The zero-order valence-electron chi connectivity index (χ0n) is 18.3. The van der Waals surface area contributed by atoms with Crippen molar-refractivity contribution in [3.05, 3.63) is 89.5 Å². The van der Waals surface area contributed by atoms with Crippen molar-refractivity contribution in [1.29, 1.82) is 0 Å². The molecule has 2 aromatic heterocycles. The molecule has 0 aliphatic heterocycles. The molecular formula is C24H14F7N5O. The number of amides is 1. The summed E-state index contributed by atoms with van der Waals surface area (Å²) in [5.74, 6) is -1.93. The summed E-state index contributed by atoms with van der Waals surface area (Å²) >= 11 is 0. The molecule has 0 saturated heterocycles. The van der Waals surface area contributed by atoms with Crippen LogP contribution in [0.4, 0.5) is 30.7 Å². The highest BCUT2D eigenvalue weighted by atomic mass is 19.4. The number of carbonyl (C=O) groups excluding carboxylic acids is 1. The highest BCUT2D eigenvalue weighted by molar-refractivity contribution is 6.22. The van der Waals surface area contributed by atoms with Crippen LogP contribution in [0.1, 0.15) is 16.7 Å². The molecule has 0 saturated carbocycles. The lowest BCUT2D eigenvalue weighted by Gasteiger charge is -2.08. The van der Waals surface area contributed by atoms with E-state index in [0.29, 0.717) is 0 Å². The van der Waals surface area contributed by atoms with Crippen molar-refractivity contribution in [2.45, 2.75) is 12.4 Å². The molecule has 0 atom stereocenters. The van der Waals surface area contributed by atoms with Gasteiger partial charge >= 0.3 is 12.4 Å². The third-order valence-corrected chi connectivity index (χ3v) is 5.10. The zero-order valence-corrected chi connectivity index (χ0v) is 18.3. The Morgan fingerprint density at radius 1 is 0.838 bits per heavy atom. The van der Waals surface area contributed by atoms with Gasteiger partial charge < -0.3 is 5.73 Å². The monoisotopic (exact) mass is 521 g/mol. The lowest BCUT2D eigenvalue weighted by Crippen LogP contribution is -2.14. The van der Waals surface area contributed by atoms with Gasteiger partial charge in [-0.3, -0.25) is 9.78 Å². The van der Waals surface area contributed by atoms with Crippen LogP contribution in [0.2, 0.25) is 0 Å². The van der Waals surface area contributed by atoms with Crippen LogP contribution in [-0.4, -0.2) is 25.7 Å². The molecule has 190 valence electrons. The van der Waals surface area contributed by atoms with E-state index in [9.17, 15) is 35.5 Å². The highest BCUT2D eigenvalue weighted by Crippen LogP contribution is 2.33. The maximum absolute atomic E-state index is 13.7. The van der Waals surface area contributed by atoms with Gasteiger partial charge in [0.15, 0.2) is 11.6 Å². The maximum atomic E-state index is 13.7. The topological polar surface area (TPSA) is 86.7 Å². The van der Waals surface area contributed by atoms with Crippen LogP contribution in [0.5, 0.6) is 0 Å². The largest absolute Gasteiger partial charge is 0.416 e. The van der Waals surface area contributed by atoms with E-state index in [1.54, 1.807) is 0 Å². The molecule has 6 nitrogen and oxygen atoms in total. The van der Waals surface area contributed by atoms with E-state index in [1.807, 2.05) is 0 Å². The lowest BCUT2D eigenvalue weighted by atomic mass is 10.1. The minimum Gasteiger partial charge on any atom is -0.366 e. The second-order valence-corrected chi connectivity index (χ2v) is 7.65. The molecule has 0 aliphatic carbocycles. The molecule has 2 heterocycles. The van der Waals surface area contributed by atoms with Gasteiger partial charge in [-0.15, -0.1) is 5.10 Å². The number of hydrogen-bond acceptors (Lipinski definition) is 4. The predicted molar refractivity (Wildman–Crippen MR) is 118 cm³/mol. The average molecular weight is 521 g/mol. The maximum Gasteiger partial charge on any atom is 0.416 e. The molecule has 0 bridgehead atoms. The number of benzene rings is 2. The second kappa shape index (κ2) is 9.48. The molecule has 0 aliphatic rings. The van der Waals surface area contributed by atoms with Crippen molar-refractivity contribution < 1.29 is 35.5 Å². The number of pyridine rings is 1. The fraction of sp³-hybridized carbons (Fsp3) is 0.0833. The second-order valence-electron chi connectivity index (χ2n) is 7.65. The molecule has 37 heavy (non-hydrogen) atoms. The van der Waals surface area contributed by atoms with E-state index in [0.717, 1.165) is 77.9 Å². The quantitative estimate of drug-likeness (QED) is 0.271. The Labute approximate surface area is 203 Å². The highest BCUT2D eigenvalue weighted by Gasteiger charge is 2.31. The van der Waals surface area contributed by atoms with Crippen LogP contribution in [0.25, 0.3) is 34.5 Å². The van der Waals surface area contributed by atoms with Crippen LogP contribution in [0.3, 0.4) is 0 Å². The Hall–Kier alpha value is -4.55. The van der Waals surface area contributed by atoms with E-state index < -0.39 is 35.2 Å². The Balaban J connectivity index is 1.87. The first-order valence-corrected chi connectivity index (χ1v) is 10.3. The normalized spacial score (nSPS) is 12.6. The van der Waals surface area contributed by atoms with Crippen molar-refractivity contribution in [2.24, 2.45) is 5.73 Å². The first-order valence-electron chi connectivity index (χ1n) is 10.3. The van der Waals surface area contributed by atoms with E-state index >= 15 is 0 Å². The number of nitrogens with two attached hydrogens (primary N) is 1. The van der Waals surface area contributed by atoms with Gasteiger partial charge in [-0.1, -0.05) is 24.3 Å². The van der Waals surface area contributed by atoms with Crippen LogP contribution >= 0.6 is 0 Å². The van der Waals surface area contributed by atoms with E-state index in [2.05, 4.69) is 15.1 Å². The van der Waals surface area contributed by atoms with Crippen LogP contribution in [0, 0.1) is 5.82 Å². The molecule has 4 rings (SSSR count). The van der Waals surface area contributed by atoms with Crippen LogP contribution < -0.4 is 5.73 Å². The Morgan fingerprint density at radius 3 is 1.86 bits per heavy atom. The summed E-state index contributed by atoms with van der Waals surface area (Å²) in [7, 11) is 0. The summed E-state index contributed by atoms with van der Waals surface area (Å²) < 4.78 is 92.6. The van der Waals surface area contributed by atoms with Crippen LogP contribution in [-0.2, 0) is 17.1 Å². The third kappa shape index (κ3) is 5.66. The number of aromatic nitrogens is 4. The molecule has 0 radical (unpaired) electrons. The first kappa shape index (κ1) is 25.5. The summed E-state index contributed by atoms with van der Waals surface area (Å²) in [6.45, 7) is 0.